The molecule has 2 heterocycles. The van der Waals surface area contributed by atoms with Crippen molar-refractivity contribution in [1.82, 2.24) is 20.4 Å². The van der Waals surface area contributed by atoms with Crippen molar-refractivity contribution < 1.29 is 14.4 Å². The van der Waals surface area contributed by atoms with Crippen LogP contribution in [0.15, 0.2) is 30.3 Å². The van der Waals surface area contributed by atoms with Crippen molar-refractivity contribution in [3.8, 4) is 0 Å². The van der Waals surface area contributed by atoms with Crippen LogP contribution in [0.2, 0.25) is 0 Å². The van der Waals surface area contributed by atoms with E-state index in [1.807, 2.05) is 30.3 Å². The van der Waals surface area contributed by atoms with Crippen LogP contribution >= 0.6 is 0 Å². The van der Waals surface area contributed by atoms with Gasteiger partial charge in [-0.05, 0) is 25.8 Å². The van der Waals surface area contributed by atoms with Gasteiger partial charge in [-0.1, -0.05) is 30.3 Å². The van der Waals surface area contributed by atoms with Gasteiger partial charge in [0, 0.05) is 38.6 Å². The minimum Gasteiger partial charge on any atom is -0.355 e. The number of hydrogen-bond acceptors (Lipinski definition) is 4. The van der Waals surface area contributed by atoms with Gasteiger partial charge in [0.1, 0.15) is 5.54 Å². The number of urea groups is 1. The van der Waals surface area contributed by atoms with Crippen molar-refractivity contribution >= 4 is 17.8 Å². The van der Waals surface area contributed by atoms with Crippen LogP contribution in [0.4, 0.5) is 4.79 Å². The molecule has 140 valence electrons. The fraction of sp³-hybridized carbons (Fsp3) is 0.526. The van der Waals surface area contributed by atoms with E-state index in [0.29, 0.717) is 32.5 Å². The van der Waals surface area contributed by atoms with Crippen LogP contribution in [-0.4, -0.2) is 59.4 Å². The molecule has 0 bridgehead atoms. The van der Waals surface area contributed by atoms with Gasteiger partial charge in [-0.25, -0.2) is 4.79 Å². The number of nitrogens with zero attached hydrogens (tertiary/aromatic N) is 2. The summed E-state index contributed by atoms with van der Waals surface area (Å²) in [5.41, 5.74) is 0.281. The highest BCUT2D eigenvalue weighted by Crippen LogP contribution is 2.26. The predicted molar refractivity (Wildman–Crippen MR) is 97.3 cm³/mol. The Balaban J connectivity index is 1.64. The number of nitrogens with one attached hydrogen (secondary N) is 2. The summed E-state index contributed by atoms with van der Waals surface area (Å²) < 4.78 is 0. The van der Waals surface area contributed by atoms with Gasteiger partial charge in [0.2, 0.25) is 5.91 Å². The lowest BCUT2D eigenvalue weighted by atomic mass is 10.0. The lowest BCUT2D eigenvalue weighted by molar-refractivity contribution is -0.130. The monoisotopic (exact) mass is 358 g/mol. The number of amides is 4. The fourth-order valence-electron chi connectivity index (χ4n) is 3.60. The first-order valence-corrected chi connectivity index (χ1v) is 9.08. The molecular weight excluding hydrogens is 332 g/mol. The molecule has 1 aromatic carbocycles. The Hall–Kier alpha value is -2.41. The molecule has 26 heavy (non-hydrogen) atoms. The number of carbonyl (C=O) groups is 3. The maximum Gasteiger partial charge on any atom is 0.325 e. The molecule has 2 aliphatic rings. The molecule has 7 nitrogen and oxygen atoms in total. The summed E-state index contributed by atoms with van der Waals surface area (Å²) in [6.07, 6.45) is 1.09. The standard InChI is InChI=1S/C19H26N4O3/c1-19(2)17(25)23(18(26)21-19)11-6-10-22-12-9-20-16(24)13-15(22)14-7-4-3-5-8-14/h3-5,7-8,15H,6,9-13H2,1-2H3,(H,20,24)(H,21,26)/t15-/m1/s1. The van der Waals surface area contributed by atoms with Crippen LogP contribution in [0.3, 0.4) is 0 Å². The molecule has 2 saturated heterocycles. The van der Waals surface area contributed by atoms with Crippen molar-refractivity contribution in [2.45, 2.75) is 38.3 Å². The van der Waals surface area contributed by atoms with Gasteiger partial charge in [-0.15, -0.1) is 0 Å². The predicted octanol–water partition coefficient (Wildman–Crippen LogP) is 1.27. The van der Waals surface area contributed by atoms with E-state index in [1.165, 1.54) is 4.90 Å². The van der Waals surface area contributed by atoms with E-state index in [2.05, 4.69) is 15.5 Å². The second-order valence-electron chi connectivity index (χ2n) is 7.38. The Labute approximate surface area is 153 Å². The Morgan fingerprint density at radius 2 is 1.85 bits per heavy atom. The minimum absolute atomic E-state index is 0.0123. The van der Waals surface area contributed by atoms with Gasteiger partial charge in [0.05, 0.1) is 0 Å². The van der Waals surface area contributed by atoms with Gasteiger partial charge < -0.3 is 10.6 Å². The lowest BCUT2D eigenvalue weighted by Gasteiger charge is -2.29. The average molecular weight is 358 g/mol. The van der Waals surface area contributed by atoms with Crippen molar-refractivity contribution in [3.05, 3.63) is 35.9 Å². The van der Waals surface area contributed by atoms with Gasteiger partial charge in [-0.3, -0.25) is 19.4 Å². The van der Waals surface area contributed by atoms with E-state index in [1.54, 1.807) is 13.8 Å². The number of benzene rings is 1. The molecule has 0 radical (unpaired) electrons. The molecule has 0 aliphatic carbocycles. The molecule has 0 spiro atoms. The summed E-state index contributed by atoms with van der Waals surface area (Å²) in [5.74, 6) is -0.132. The SMILES string of the molecule is CC1(C)NC(=O)N(CCCN2CCNC(=O)C[C@@H]2c2ccccc2)C1=O. The Morgan fingerprint density at radius 1 is 1.12 bits per heavy atom. The van der Waals surface area contributed by atoms with Crippen molar-refractivity contribution in [2.24, 2.45) is 0 Å². The number of rotatable bonds is 5. The van der Waals surface area contributed by atoms with E-state index in [0.717, 1.165) is 12.1 Å². The zero-order chi connectivity index (χ0) is 18.7. The summed E-state index contributed by atoms with van der Waals surface area (Å²) in [7, 11) is 0. The summed E-state index contributed by atoms with van der Waals surface area (Å²) in [4.78, 5) is 39.8. The highest BCUT2D eigenvalue weighted by molar-refractivity contribution is 6.06. The zero-order valence-electron chi connectivity index (χ0n) is 15.3. The van der Waals surface area contributed by atoms with E-state index in [4.69, 9.17) is 0 Å². The van der Waals surface area contributed by atoms with Crippen LogP contribution in [0.25, 0.3) is 0 Å². The van der Waals surface area contributed by atoms with Crippen LogP contribution in [0, 0.1) is 0 Å². The molecule has 2 fully saturated rings. The quantitative estimate of drug-likeness (QED) is 0.777. The third-order valence-corrected chi connectivity index (χ3v) is 5.00. The van der Waals surface area contributed by atoms with Gasteiger partial charge in [0.25, 0.3) is 5.91 Å². The smallest absolute Gasteiger partial charge is 0.325 e. The number of carbonyl (C=O) groups excluding carboxylic acids is 3. The van der Waals surface area contributed by atoms with Crippen molar-refractivity contribution in [1.29, 1.82) is 0 Å². The first-order valence-electron chi connectivity index (χ1n) is 9.08. The molecule has 1 aromatic rings. The molecule has 2 aliphatic heterocycles. The van der Waals surface area contributed by atoms with E-state index in [-0.39, 0.29) is 23.9 Å². The molecule has 4 amide bonds. The van der Waals surface area contributed by atoms with Gasteiger partial charge >= 0.3 is 6.03 Å². The first-order chi connectivity index (χ1) is 12.4. The second-order valence-corrected chi connectivity index (χ2v) is 7.38. The molecule has 1 atom stereocenters. The largest absolute Gasteiger partial charge is 0.355 e. The Kier molecular flexibility index (Phi) is 5.27. The highest BCUT2D eigenvalue weighted by atomic mass is 16.2. The first kappa shape index (κ1) is 18.4. The zero-order valence-corrected chi connectivity index (χ0v) is 15.3. The summed E-state index contributed by atoms with van der Waals surface area (Å²) in [6, 6.07) is 9.68. The van der Waals surface area contributed by atoms with E-state index >= 15 is 0 Å². The molecular formula is C19H26N4O3. The number of hydrogen-bond donors (Lipinski definition) is 2. The maximum atomic E-state index is 12.3. The minimum atomic E-state index is -0.831. The van der Waals surface area contributed by atoms with Crippen molar-refractivity contribution in [3.63, 3.8) is 0 Å². The van der Waals surface area contributed by atoms with E-state index < -0.39 is 5.54 Å². The van der Waals surface area contributed by atoms with Crippen molar-refractivity contribution in [2.75, 3.05) is 26.2 Å². The summed E-state index contributed by atoms with van der Waals surface area (Å²) in [5, 5.41) is 5.62. The van der Waals surface area contributed by atoms with Crippen LogP contribution in [0.1, 0.15) is 38.3 Å². The third kappa shape index (κ3) is 3.88. The third-order valence-electron chi connectivity index (χ3n) is 5.00. The lowest BCUT2D eigenvalue weighted by Crippen LogP contribution is -2.40. The number of imide groups is 1. The fourth-order valence-corrected chi connectivity index (χ4v) is 3.60. The summed E-state index contributed by atoms with van der Waals surface area (Å²) >= 11 is 0. The molecule has 0 saturated carbocycles. The Morgan fingerprint density at radius 3 is 2.50 bits per heavy atom. The average Bonchev–Trinajstić information content (AvgIpc) is 2.74. The maximum absolute atomic E-state index is 12.3. The molecule has 3 rings (SSSR count). The van der Waals surface area contributed by atoms with Crippen LogP contribution in [0.5, 0.6) is 0 Å². The summed E-state index contributed by atoms with van der Waals surface area (Å²) in [6.45, 7) is 5.88. The highest BCUT2D eigenvalue weighted by Gasteiger charge is 2.43. The van der Waals surface area contributed by atoms with Gasteiger partial charge in [-0.2, -0.15) is 0 Å². The Bertz CT molecular complexity index is 689. The molecule has 0 unspecified atom stereocenters. The van der Waals surface area contributed by atoms with Crippen LogP contribution in [-0.2, 0) is 9.59 Å². The molecule has 2 N–H and O–H groups in total. The molecule has 7 heteroatoms. The second kappa shape index (κ2) is 7.45. The topological polar surface area (TPSA) is 81.8 Å². The normalized spacial score (nSPS) is 23.5. The van der Waals surface area contributed by atoms with E-state index in [9.17, 15) is 14.4 Å². The van der Waals surface area contributed by atoms with Gasteiger partial charge in [0.15, 0.2) is 0 Å². The van der Waals surface area contributed by atoms with Crippen LogP contribution < -0.4 is 10.6 Å². The molecule has 0 aromatic heterocycles.